The van der Waals surface area contributed by atoms with Gasteiger partial charge in [0.2, 0.25) is 0 Å². The van der Waals surface area contributed by atoms with E-state index in [1.165, 1.54) is 5.56 Å². The Balaban J connectivity index is 2.31. The lowest BCUT2D eigenvalue weighted by Gasteiger charge is -2.22. The van der Waals surface area contributed by atoms with Gasteiger partial charge in [0.25, 0.3) is 0 Å². The minimum absolute atomic E-state index is 0.0636. The van der Waals surface area contributed by atoms with Gasteiger partial charge in [-0.05, 0) is 52.4 Å². The molecule has 0 aliphatic carbocycles. The van der Waals surface area contributed by atoms with Crippen molar-refractivity contribution in [2.75, 3.05) is 33.7 Å². The van der Waals surface area contributed by atoms with Crippen molar-refractivity contribution in [2.45, 2.75) is 39.8 Å². The molecule has 0 saturated heterocycles. The molecule has 23 heavy (non-hydrogen) atoms. The van der Waals surface area contributed by atoms with Gasteiger partial charge >= 0.3 is 0 Å². The molecule has 0 heterocycles. The van der Waals surface area contributed by atoms with Crippen molar-refractivity contribution in [2.24, 2.45) is 4.99 Å². The van der Waals surface area contributed by atoms with E-state index in [1.807, 2.05) is 18.2 Å². The third kappa shape index (κ3) is 7.88. The van der Waals surface area contributed by atoms with E-state index in [1.54, 1.807) is 7.05 Å². The number of benzene rings is 1. The van der Waals surface area contributed by atoms with Crippen LogP contribution in [-0.2, 0) is 0 Å². The molecular weight excluding hydrogens is 288 g/mol. The summed E-state index contributed by atoms with van der Waals surface area (Å²) in [6.07, 6.45) is 0.0636. The van der Waals surface area contributed by atoms with Crippen molar-refractivity contribution >= 4 is 5.96 Å². The summed E-state index contributed by atoms with van der Waals surface area (Å²) in [6, 6.07) is 8.66. The van der Waals surface area contributed by atoms with E-state index in [0.717, 1.165) is 24.8 Å². The van der Waals surface area contributed by atoms with Crippen molar-refractivity contribution in [1.82, 2.24) is 15.5 Å². The first-order chi connectivity index (χ1) is 10.9. The highest BCUT2D eigenvalue weighted by Crippen LogP contribution is 2.13. The second-order valence-corrected chi connectivity index (χ2v) is 6.20. The Morgan fingerprint density at radius 2 is 2.00 bits per heavy atom. The van der Waals surface area contributed by atoms with Crippen LogP contribution in [0.4, 0.5) is 0 Å². The summed E-state index contributed by atoms with van der Waals surface area (Å²) in [6.45, 7) is 11.0. The van der Waals surface area contributed by atoms with Crippen LogP contribution in [-0.4, -0.2) is 56.7 Å². The van der Waals surface area contributed by atoms with E-state index in [0.29, 0.717) is 12.6 Å². The van der Waals surface area contributed by atoms with E-state index >= 15 is 0 Å². The zero-order valence-corrected chi connectivity index (χ0v) is 15.4. The Hall–Kier alpha value is -1.75. The largest absolute Gasteiger partial charge is 0.489 e. The number of nitrogens with one attached hydrogen (secondary N) is 2. The summed E-state index contributed by atoms with van der Waals surface area (Å²) in [5.74, 6) is 1.71. The Morgan fingerprint density at radius 3 is 2.61 bits per heavy atom. The number of aryl methyl sites for hydroxylation is 1. The molecule has 0 amide bonds. The van der Waals surface area contributed by atoms with E-state index in [4.69, 9.17) is 4.74 Å². The number of likely N-dealkylation sites (N-methyl/N-ethyl adjacent to an activating group) is 1. The highest BCUT2D eigenvalue weighted by Gasteiger charge is 2.07. The highest BCUT2D eigenvalue weighted by atomic mass is 16.5. The SMILES string of the molecule is CN=C(NCCN(C)C(C)C)NCC(C)Oc1cccc(C)c1. The molecular formula is C18H32N4O. The second-order valence-electron chi connectivity index (χ2n) is 6.20. The average Bonchev–Trinajstić information content (AvgIpc) is 2.50. The summed E-state index contributed by atoms with van der Waals surface area (Å²) in [4.78, 5) is 6.54. The average molecular weight is 320 g/mol. The zero-order chi connectivity index (χ0) is 17.2. The molecule has 0 radical (unpaired) electrons. The van der Waals surface area contributed by atoms with Crippen LogP contribution in [0.25, 0.3) is 0 Å². The number of rotatable bonds is 8. The topological polar surface area (TPSA) is 48.9 Å². The van der Waals surface area contributed by atoms with E-state index in [9.17, 15) is 0 Å². The van der Waals surface area contributed by atoms with Crippen LogP contribution in [0.15, 0.2) is 29.3 Å². The Morgan fingerprint density at radius 1 is 1.26 bits per heavy atom. The number of hydrogen-bond acceptors (Lipinski definition) is 3. The fraction of sp³-hybridized carbons (Fsp3) is 0.611. The molecule has 1 unspecified atom stereocenters. The first-order valence-corrected chi connectivity index (χ1v) is 8.30. The molecule has 1 atom stereocenters. The summed E-state index contributed by atoms with van der Waals surface area (Å²) < 4.78 is 5.91. The van der Waals surface area contributed by atoms with Crippen molar-refractivity contribution in [3.05, 3.63) is 29.8 Å². The number of aliphatic imine (C=N–C) groups is 1. The number of guanidine groups is 1. The van der Waals surface area contributed by atoms with Crippen LogP contribution in [0.5, 0.6) is 5.75 Å². The number of ether oxygens (including phenoxy) is 1. The Kier molecular flexibility index (Phi) is 8.48. The molecule has 0 saturated carbocycles. The van der Waals surface area contributed by atoms with Gasteiger partial charge in [-0.2, -0.15) is 0 Å². The van der Waals surface area contributed by atoms with E-state index in [-0.39, 0.29) is 6.10 Å². The molecule has 0 bridgehead atoms. The molecule has 1 aromatic rings. The maximum atomic E-state index is 5.91. The minimum atomic E-state index is 0.0636. The lowest BCUT2D eigenvalue weighted by molar-refractivity contribution is 0.223. The standard InChI is InChI=1S/C18H32N4O/c1-14(2)22(6)11-10-20-18(19-5)21-13-16(4)23-17-9-7-8-15(3)12-17/h7-9,12,14,16H,10-11,13H2,1-6H3,(H2,19,20,21). The highest BCUT2D eigenvalue weighted by molar-refractivity contribution is 5.79. The minimum Gasteiger partial charge on any atom is -0.489 e. The number of hydrogen-bond donors (Lipinski definition) is 2. The third-order valence-electron chi connectivity index (χ3n) is 3.75. The molecule has 0 aromatic heterocycles. The van der Waals surface area contributed by atoms with Gasteiger partial charge in [-0.1, -0.05) is 12.1 Å². The lowest BCUT2D eigenvalue weighted by atomic mass is 10.2. The van der Waals surface area contributed by atoms with Gasteiger partial charge in [0.1, 0.15) is 11.9 Å². The second kappa shape index (κ2) is 10.1. The molecule has 1 rings (SSSR count). The molecule has 0 aliphatic heterocycles. The van der Waals surface area contributed by atoms with Gasteiger partial charge in [0.15, 0.2) is 5.96 Å². The fourth-order valence-corrected chi connectivity index (χ4v) is 2.03. The van der Waals surface area contributed by atoms with Gasteiger partial charge in [-0.25, -0.2) is 0 Å². The predicted octanol–water partition coefficient (Wildman–Crippen LogP) is 2.27. The molecule has 5 nitrogen and oxygen atoms in total. The number of nitrogens with zero attached hydrogens (tertiary/aromatic N) is 2. The zero-order valence-electron chi connectivity index (χ0n) is 15.4. The first kappa shape index (κ1) is 19.3. The summed E-state index contributed by atoms with van der Waals surface area (Å²) in [5, 5.41) is 6.63. The third-order valence-corrected chi connectivity index (χ3v) is 3.75. The van der Waals surface area contributed by atoms with Gasteiger partial charge in [0, 0.05) is 26.2 Å². The maximum absolute atomic E-state index is 5.91. The van der Waals surface area contributed by atoms with Crippen molar-refractivity contribution < 1.29 is 4.74 Å². The van der Waals surface area contributed by atoms with Gasteiger partial charge in [0.05, 0.1) is 6.54 Å². The Labute approximate surface area is 141 Å². The molecule has 0 spiro atoms. The normalized spacial score (nSPS) is 13.3. The van der Waals surface area contributed by atoms with Crippen molar-refractivity contribution in [1.29, 1.82) is 0 Å². The quantitative estimate of drug-likeness (QED) is 0.570. The molecule has 2 N–H and O–H groups in total. The van der Waals surface area contributed by atoms with Crippen LogP contribution in [0.2, 0.25) is 0 Å². The molecule has 1 aromatic carbocycles. The van der Waals surface area contributed by atoms with E-state index < -0.39 is 0 Å². The smallest absolute Gasteiger partial charge is 0.191 e. The van der Waals surface area contributed by atoms with Gasteiger partial charge in [-0.3, -0.25) is 4.99 Å². The molecule has 5 heteroatoms. The van der Waals surface area contributed by atoms with Gasteiger partial charge in [-0.15, -0.1) is 0 Å². The monoisotopic (exact) mass is 320 g/mol. The van der Waals surface area contributed by atoms with Crippen molar-refractivity contribution in [3.63, 3.8) is 0 Å². The molecule has 0 fully saturated rings. The molecule has 130 valence electrons. The Bertz CT molecular complexity index is 488. The van der Waals surface area contributed by atoms with Crippen molar-refractivity contribution in [3.8, 4) is 5.75 Å². The summed E-state index contributed by atoms with van der Waals surface area (Å²) in [7, 11) is 3.91. The van der Waals surface area contributed by atoms with Crippen LogP contribution < -0.4 is 15.4 Å². The van der Waals surface area contributed by atoms with Crippen LogP contribution in [0.3, 0.4) is 0 Å². The molecule has 0 aliphatic rings. The van der Waals surface area contributed by atoms with Crippen LogP contribution >= 0.6 is 0 Å². The summed E-state index contributed by atoms with van der Waals surface area (Å²) >= 11 is 0. The van der Waals surface area contributed by atoms with Gasteiger partial charge < -0.3 is 20.3 Å². The fourth-order valence-electron chi connectivity index (χ4n) is 2.03. The van der Waals surface area contributed by atoms with E-state index in [2.05, 4.69) is 61.3 Å². The summed E-state index contributed by atoms with van der Waals surface area (Å²) in [5.41, 5.74) is 1.20. The maximum Gasteiger partial charge on any atom is 0.191 e. The first-order valence-electron chi connectivity index (χ1n) is 8.30. The van der Waals surface area contributed by atoms with Crippen LogP contribution in [0.1, 0.15) is 26.3 Å². The predicted molar refractivity (Wildman–Crippen MR) is 98.4 cm³/mol. The van der Waals surface area contributed by atoms with Crippen LogP contribution in [0, 0.1) is 6.92 Å². The lowest BCUT2D eigenvalue weighted by Crippen LogP contribution is -2.44.